The third-order valence-corrected chi connectivity index (χ3v) is 4.05. The molecule has 1 N–H and O–H groups in total. The molecular weight excluding hydrogens is 335 g/mol. The number of fused-ring (bicyclic) bond motifs is 1. The number of nitrogens with one attached hydrogen (secondary N) is 1. The van der Waals surface area contributed by atoms with Crippen molar-refractivity contribution in [3.05, 3.63) is 53.2 Å². The molecular formula is C17H12F3N3S. The van der Waals surface area contributed by atoms with E-state index in [1.807, 2.05) is 11.4 Å². The van der Waals surface area contributed by atoms with Crippen molar-refractivity contribution in [3.63, 3.8) is 0 Å². The number of anilines is 1. The molecule has 0 aliphatic rings. The van der Waals surface area contributed by atoms with Gasteiger partial charge < -0.3 is 5.32 Å². The maximum absolute atomic E-state index is 12.6. The molecule has 0 aliphatic carbocycles. The molecule has 0 atom stereocenters. The van der Waals surface area contributed by atoms with Crippen LogP contribution in [0.1, 0.15) is 17.5 Å². The van der Waals surface area contributed by atoms with Gasteiger partial charge in [-0.25, -0.2) is 9.97 Å². The lowest BCUT2D eigenvalue weighted by molar-refractivity contribution is -0.137. The summed E-state index contributed by atoms with van der Waals surface area (Å²) in [5, 5.41) is 6.06. The van der Waals surface area contributed by atoms with Gasteiger partial charge in [0, 0.05) is 18.5 Å². The monoisotopic (exact) mass is 347 g/mol. The summed E-state index contributed by atoms with van der Waals surface area (Å²) in [4.78, 5) is 9.25. The molecule has 122 valence electrons. The number of hydrogen-bond donors (Lipinski definition) is 1. The number of rotatable bonds is 3. The minimum absolute atomic E-state index is 0.354. The van der Waals surface area contributed by atoms with Crippen molar-refractivity contribution in [1.29, 1.82) is 0 Å². The van der Waals surface area contributed by atoms with E-state index >= 15 is 0 Å². The van der Waals surface area contributed by atoms with Gasteiger partial charge in [0.15, 0.2) is 0 Å². The van der Waals surface area contributed by atoms with Crippen LogP contribution in [0.4, 0.5) is 19.0 Å². The van der Waals surface area contributed by atoms with Crippen molar-refractivity contribution < 1.29 is 13.2 Å². The van der Waals surface area contributed by atoms with E-state index in [9.17, 15) is 13.2 Å². The van der Waals surface area contributed by atoms with E-state index in [0.29, 0.717) is 18.5 Å². The number of hydrogen-bond acceptors (Lipinski definition) is 4. The Bertz CT molecular complexity index is 906. The van der Waals surface area contributed by atoms with E-state index < -0.39 is 11.7 Å². The zero-order valence-electron chi connectivity index (χ0n) is 12.4. The standard InChI is InChI=1S/C17H12F3N3S/c18-17(19,20)13-6-3-5-12(10-13)4-1-2-8-21-15-14-7-9-24-16(14)23-11-22-15/h3,5-7,9-11H,2,8H2,(H,21,22,23). The number of halogens is 3. The lowest BCUT2D eigenvalue weighted by Crippen LogP contribution is -2.04. The number of thiophene rings is 1. The van der Waals surface area contributed by atoms with E-state index in [1.54, 1.807) is 6.07 Å². The maximum atomic E-state index is 12.6. The predicted molar refractivity (Wildman–Crippen MR) is 88.8 cm³/mol. The second-order valence-corrected chi connectivity index (χ2v) is 5.81. The predicted octanol–water partition coefficient (Wildman–Crippen LogP) is 4.56. The van der Waals surface area contributed by atoms with Crippen LogP contribution in [-0.4, -0.2) is 16.5 Å². The van der Waals surface area contributed by atoms with Crippen LogP contribution in [0.25, 0.3) is 10.2 Å². The minimum atomic E-state index is -4.35. The van der Waals surface area contributed by atoms with E-state index in [2.05, 4.69) is 27.1 Å². The van der Waals surface area contributed by atoms with Crippen LogP contribution in [-0.2, 0) is 6.18 Å². The first-order valence-corrected chi connectivity index (χ1v) is 8.00. The Balaban J connectivity index is 1.60. The summed E-state index contributed by atoms with van der Waals surface area (Å²) in [6.07, 6.45) is -2.36. The van der Waals surface area contributed by atoms with Gasteiger partial charge >= 0.3 is 6.18 Å². The molecule has 3 nitrogen and oxygen atoms in total. The lowest BCUT2D eigenvalue weighted by atomic mass is 10.1. The molecule has 24 heavy (non-hydrogen) atoms. The molecule has 0 radical (unpaired) electrons. The first-order chi connectivity index (χ1) is 11.5. The van der Waals surface area contributed by atoms with Gasteiger partial charge in [-0.3, -0.25) is 0 Å². The second kappa shape index (κ2) is 6.89. The normalized spacial score (nSPS) is 11.1. The highest BCUT2D eigenvalue weighted by molar-refractivity contribution is 7.16. The van der Waals surface area contributed by atoms with Crippen molar-refractivity contribution in [1.82, 2.24) is 9.97 Å². The van der Waals surface area contributed by atoms with E-state index in [4.69, 9.17) is 0 Å². The molecule has 3 rings (SSSR count). The summed E-state index contributed by atoms with van der Waals surface area (Å²) in [5.41, 5.74) is -0.333. The highest BCUT2D eigenvalue weighted by atomic mass is 32.1. The highest BCUT2D eigenvalue weighted by Crippen LogP contribution is 2.29. The number of alkyl halides is 3. The van der Waals surface area contributed by atoms with Gasteiger partial charge in [0.05, 0.1) is 10.9 Å². The Morgan fingerprint density at radius 1 is 1.17 bits per heavy atom. The molecule has 0 amide bonds. The molecule has 2 heterocycles. The van der Waals surface area contributed by atoms with Crippen LogP contribution in [0, 0.1) is 11.8 Å². The van der Waals surface area contributed by atoms with Crippen molar-refractivity contribution in [2.24, 2.45) is 0 Å². The molecule has 2 aromatic heterocycles. The summed E-state index contributed by atoms with van der Waals surface area (Å²) in [7, 11) is 0. The SMILES string of the molecule is FC(F)(F)c1cccc(C#CCCNc2ncnc3sccc23)c1. The van der Waals surface area contributed by atoms with E-state index in [0.717, 1.165) is 28.2 Å². The molecule has 3 aromatic rings. The van der Waals surface area contributed by atoms with Crippen molar-refractivity contribution in [3.8, 4) is 11.8 Å². The van der Waals surface area contributed by atoms with Gasteiger partial charge in [0.25, 0.3) is 0 Å². The number of benzene rings is 1. The summed E-state index contributed by atoms with van der Waals surface area (Å²) in [6.45, 7) is 0.550. The first-order valence-electron chi connectivity index (χ1n) is 7.12. The largest absolute Gasteiger partial charge is 0.416 e. The maximum Gasteiger partial charge on any atom is 0.416 e. The van der Waals surface area contributed by atoms with Gasteiger partial charge in [-0.15, -0.1) is 11.3 Å². The molecule has 0 saturated heterocycles. The number of aromatic nitrogens is 2. The average molecular weight is 347 g/mol. The van der Waals surface area contributed by atoms with Crippen LogP contribution < -0.4 is 5.32 Å². The summed E-state index contributed by atoms with van der Waals surface area (Å²) in [5.74, 6) is 6.36. The molecule has 0 aliphatic heterocycles. The topological polar surface area (TPSA) is 37.8 Å². The average Bonchev–Trinajstić information content (AvgIpc) is 3.03. The van der Waals surface area contributed by atoms with Crippen molar-refractivity contribution >= 4 is 27.4 Å². The first kappa shape index (κ1) is 16.3. The second-order valence-electron chi connectivity index (χ2n) is 4.92. The van der Waals surface area contributed by atoms with Crippen molar-refractivity contribution in [2.45, 2.75) is 12.6 Å². The summed E-state index contributed by atoms with van der Waals surface area (Å²) in [6, 6.07) is 6.96. The van der Waals surface area contributed by atoms with E-state index in [-0.39, 0.29) is 0 Å². The quantitative estimate of drug-likeness (QED) is 0.557. The van der Waals surface area contributed by atoms with Gasteiger partial charge in [0.1, 0.15) is 17.0 Å². The minimum Gasteiger partial charge on any atom is -0.368 e. The molecule has 0 unspecified atom stereocenters. The lowest BCUT2D eigenvalue weighted by Gasteiger charge is -2.05. The Morgan fingerprint density at radius 2 is 2.04 bits per heavy atom. The van der Waals surface area contributed by atoms with Gasteiger partial charge in [-0.1, -0.05) is 17.9 Å². The molecule has 0 bridgehead atoms. The Hall–Kier alpha value is -2.59. The van der Waals surface area contributed by atoms with Crippen LogP contribution in [0.15, 0.2) is 42.0 Å². The molecule has 0 spiro atoms. The highest BCUT2D eigenvalue weighted by Gasteiger charge is 2.30. The Kier molecular flexibility index (Phi) is 4.67. The fourth-order valence-corrected chi connectivity index (χ4v) is 2.84. The van der Waals surface area contributed by atoms with Gasteiger partial charge in [0.2, 0.25) is 0 Å². The third kappa shape index (κ3) is 3.84. The van der Waals surface area contributed by atoms with Crippen LogP contribution in [0.5, 0.6) is 0 Å². The summed E-state index contributed by atoms with van der Waals surface area (Å²) < 4.78 is 37.9. The Labute approximate surface area is 140 Å². The summed E-state index contributed by atoms with van der Waals surface area (Å²) >= 11 is 1.53. The molecule has 0 fully saturated rings. The van der Waals surface area contributed by atoms with E-state index in [1.165, 1.54) is 23.7 Å². The van der Waals surface area contributed by atoms with Gasteiger partial charge in [-0.05, 0) is 29.6 Å². The molecule has 1 aromatic carbocycles. The van der Waals surface area contributed by atoms with Crippen molar-refractivity contribution in [2.75, 3.05) is 11.9 Å². The fraction of sp³-hybridized carbons (Fsp3) is 0.176. The van der Waals surface area contributed by atoms with Crippen LogP contribution >= 0.6 is 11.3 Å². The third-order valence-electron chi connectivity index (χ3n) is 3.23. The van der Waals surface area contributed by atoms with Crippen LogP contribution in [0.2, 0.25) is 0 Å². The zero-order valence-corrected chi connectivity index (χ0v) is 13.2. The smallest absolute Gasteiger partial charge is 0.368 e. The zero-order chi connectivity index (χ0) is 17.0. The number of nitrogens with zero attached hydrogens (tertiary/aromatic N) is 2. The van der Waals surface area contributed by atoms with Gasteiger partial charge in [-0.2, -0.15) is 13.2 Å². The fourth-order valence-electron chi connectivity index (χ4n) is 2.11. The van der Waals surface area contributed by atoms with Crippen LogP contribution in [0.3, 0.4) is 0 Å². The molecule has 0 saturated carbocycles. The Morgan fingerprint density at radius 3 is 2.88 bits per heavy atom. The molecule has 7 heteroatoms.